The number of hydrogen-bond acceptors (Lipinski definition) is 3. The molecule has 2 N–H and O–H groups in total. The largest absolute Gasteiger partial charge is 0.318 e. The number of nitrogens with zero attached hydrogens (tertiary/aromatic N) is 1. The molecule has 1 aliphatic heterocycles. The number of aromatic nitrogens is 1. The molecule has 0 saturated carbocycles. The van der Waals surface area contributed by atoms with Crippen molar-refractivity contribution < 1.29 is 9.59 Å². The first-order valence-corrected chi connectivity index (χ1v) is 7.98. The van der Waals surface area contributed by atoms with E-state index in [9.17, 15) is 9.59 Å². The fourth-order valence-corrected chi connectivity index (χ4v) is 2.99. The van der Waals surface area contributed by atoms with Gasteiger partial charge in [-0.3, -0.25) is 20.2 Å². The molecule has 0 radical (unpaired) electrons. The quantitative estimate of drug-likeness (QED) is 0.492. The van der Waals surface area contributed by atoms with E-state index >= 15 is 0 Å². The van der Waals surface area contributed by atoms with Crippen LogP contribution in [0, 0.1) is 13.8 Å². The summed E-state index contributed by atoms with van der Waals surface area (Å²) in [7, 11) is 0. The fourth-order valence-electron chi connectivity index (χ4n) is 2.68. The topological polar surface area (TPSA) is 63.1 Å². The van der Waals surface area contributed by atoms with Crippen LogP contribution in [0.5, 0.6) is 0 Å². The van der Waals surface area contributed by atoms with Crippen LogP contribution in [0.15, 0.2) is 35.9 Å². The van der Waals surface area contributed by atoms with Gasteiger partial charge in [-0.05, 0) is 68.0 Å². The van der Waals surface area contributed by atoms with Gasteiger partial charge < -0.3 is 4.57 Å². The minimum Gasteiger partial charge on any atom is -0.318 e. The van der Waals surface area contributed by atoms with Crippen molar-refractivity contribution in [2.75, 3.05) is 0 Å². The molecule has 0 spiro atoms. The first kappa shape index (κ1) is 16.4. The number of hydrogen-bond donors (Lipinski definition) is 2. The maximum atomic E-state index is 12.0. The Labute approximate surface area is 149 Å². The summed E-state index contributed by atoms with van der Waals surface area (Å²) >= 11 is 10.7. The van der Waals surface area contributed by atoms with Crippen LogP contribution in [-0.4, -0.2) is 21.5 Å². The van der Waals surface area contributed by atoms with Crippen LogP contribution >= 0.6 is 23.8 Å². The van der Waals surface area contributed by atoms with Gasteiger partial charge in [0.2, 0.25) is 0 Å². The van der Waals surface area contributed by atoms with E-state index in [4.69, 9.17) is 23.8 Å². The number of carbonyl (C=O) groups is 2. The zero-order valence-corrected chi connectivity index (χ0v) is 14.6. The molecule has 1 fully saturated rings. The molecule has 0 atom stereocenters. The van der Waals surface area contributed by atoms with Gasteiger partial charge in [0.1, 0.15) is 5.57 Å². The second-order valence-electron chi connectivity index (χ2n) is 5.43. The summed E-state index contributed by atoms with van der Waals surface area (Å²) in [5.41, 5.74) is 3.66. The molecule has 1 aliphatic rings. The molecule has 3 rings (SSSR count). The van der Waals surface area contributed by atoms with E-state index in [2.05, 4.69) is 10.6 Å². The van der Waals surface area contributed by atoms with Gasteiger partial charge in [0, 0.05) is 22.1 Å². The minimum atomic E-state index is -0.500. The third-order valence-electron chi connectivity index (χ3n) is 3.80. The van der Waals surface area contributed by atoms with Crippen LogP contribution < -0.4 is 10.6 Å². The van der Waals surface area contributed by atoms with E-state index in [0.29, 0.717) is 5.02 Å². The lowest BCUT2D eigenvalue weighted by atomic mass is 10.1. The van der Waals surface area contributed by atoms with Crippen LogP contribution in [0.4, 0.5) is 0 Å². The number of rotatable bonds is 2. The number of halogens is 1. The molecule has 0 unspecified atom stereocenters. The molecule has 5 nitrogen and oxygen atoms in total. The third-order valence-corrected chi connectivity index (χ3v) is 4.25. The highest BCUT2D eigenvalue weighted by Crippen LogP contribution is 2.24. The van der Waals surface area contributed by atoms with Gasteiger partial charge in [0.25, 0.3) is 11.8 Å². The van der Waals surface area contributed by atoms with Crippen LogP contribution in [0.25, 0.3) is 11.8 Å². The molecule has 2 aromatic rings. The van der Waals surface area contributed by atoms with Gasteiger partial charge in [-0.2, -0.15) is 0 Å². The summed E-state index contributed by atoms with van der Waals surface area (Å²) in [6, 6.07) is 9.38. The lowest BCUT2D eigenvalue weighted by Crippen LogP contribution is -2.51. The standard InChI is InChI=1S/C17H14ClN3O2S/c1-9-7-11(8-14-15(22)19-17(24)20-16(14)23)10(2)21(9)13-5-3-12(18)4-6-13/h3-8H,1-2H3,(H2,19,20,22,23,24). The second-order valence-corrected chi connectivity index (χ2v) is 6.28. The second kappa shape index (κ2) is 6.22. The summed E-state index contributed by atoms with van der Waals surface area (Å²) in [6.45, 7) is 3.89. The van der Waals surface area contributed by atoms with E-state index in [-0.39, 0.29) is 10.7 Å². The van der Waals surface area contributed by atoms with Gasteiger partial charge in [0.15, 0.2) is 5.11 Å². The minimum absolute atomic E-state index is 0.0220. The van der Waals surface area contributed by atoms with Crippen LogP contribution in [0.1, 0.15) is 17.0 Å². The van der Waals surface area contributed by atoms with Crippen molar-refractivity contribution in [2.45, 2.75) is 13.8 Å². The molecule has 0 aliphatic carbocycles. The van der Waals surface area contributed by atoms with Crippen LogP contribution in [-0.2, 0) is 9.59 Å². The lowest BCUT2D eigenvalue weighted by molar-refractivity contribution is -0.123. The Morgan fingerprint density at radius 2 is 1.67 bits per heavy atom. The van der Waals surface area contributed by atoms with Crippen molar-refractivity contribution in [1.29, 1.82) is 0 Å². The Bertz CT molecular complexity index is 875. The van der Waals surface area contributed by atoms with Crippen molar-refractivity contribution in [3.8, 4) is 5.69 Å². The van der Waals surface area contributed by atoms with E-state index in [1.165, 1.54) is 0 Å². The van der Waals surface area contributed by atoms with E-state index < -0.39 is 11.8 Å². The SMILES string of the molecule is Cc1cc(C=C2C(=O)NC(=S)NC2=O)c(C)n1-c1ccc(Cl)cc1. The first-order chi connectivity index (χ1) is 11.4. The molecule has 122 valence electrons. The molecule has 1 saturated heterocycles. The fraction of sp³-hybridized carbons (Fsp3) is 0.118. The number of benzene rings is 1. The summed E-state index contributed by atoms with van der Waals surface area (Å²) in [6.07, 6.45) is 1.57. The molecule has 7 heteroatoms. The van der Waals surface area contributed by atoms with E-state index in [1.807, 2.05) is 48.7 Å². The smallest absolute Gasteiger partial charge is 0.263 e. The highest BCUT2D eigenvalue weighted by molar-refractivity contribution is 7.80. The first-order valence-electron chi connectivity index (χ1n) is 7.20. The van der Waals surface area contributed by atoms with Crippen molar-refractivity contribution in [3.05, 3.63) is 57.9 Å². The normalized spacial score (nSPS) is 14.5. The molecule has 2 heterocycles. The van der Waals surface area contributed by atoms with E-state index in [0.717, 1.165) is 22.6 Å². The van der Waals surface area contributed by atoms with Crippen molar-refractivity contribution in [3.63, 3.8) is 0 Å². The van der Waals surface area contributed by atoms with Crippen molar-refractivity contribution >= 4 is 46.8 Å². The Hall–Kier alpha value is -2.44. The maximum absolute atomic E-state index is 12.0. The Balaban J connectivity index is 2.05. The van der Waals surface area contributed by atoms with Crippen LogP contribution in [0.2, 0.25) is 5.02 Å². The molecule has 0 bridgehead atoms. The highest BCUT2D eigenvalue weighted by Gasteiger charge is 2.26. The van der Waals surface area contributed by atoms with Gasteiger partial charge in [-0.15, -0.1) is 0 Å². The molecular weight excluding hydrogens is 346 g/mol. The predicted octanol–water partition coefficient (Wildman–Crippen LogP) is 2.66. The zero-order valence-electron chi connectivity index (χ0n) is 13.0. The third kappa shape index (κ3) is 2.98. The number of amides is 2. The number of carbonyl (C=O) groups excluding carboxylic acids is 2. The molecule has 1 aromatic heterocycles. The van der Waals surface area contributed by atoms with Crippen LogP contribution in [0.3, 0.4) is 0 Å². The highest BCUT2D eigenvalue weighted by atomic mass is 35.5. The summed E-state index contributed by atoms with van der Waals surface area (Å²) in [4.78, 5) is 24.0. The van der Waals surface area contributed by atoms with Crippen molar-refractivity contribution in [1.82, 2.24) is 15.2 Å². The van der Waals surface area contributed by atoms with Gasteiger partial charge >= 0.3 is 0 Å². The molecule has 1 aromatic carbocycles. The van der Waals surface area contributed by atoms with Gasteiger partial charge in [0.05, 0.1) is 0 Å². The number of nitrogens with one attached hydrogen (secondary N) is 2. The Morgan fingerprint density at radius 3 is 2.25 bits per heavy atom. The summed E-state index contributed by atoms with van der Waals surface area (Å²) in [5.74, 6) is -1.000. The lowest BCUT2D eigenvalue weighted by Gasteiger charge is -2.16. The molecular formula is C17H14ClN3O2S. The van der Waals surface area contributed by atoms with Crippen molar-refractivity contribution in [2.24, 2.45) is 0 Å². The van der Waals surface area contributed by atoms with E-state index in [1.54, 1.807) is 6.08 Å². The predicted molar refractivity (Wildman–Crippen MR) is 97.1 cm³/mol. The summed E-state index contributed by atoms with van der Waals surface area (Å²) < 4.78 is 2.03. The zero-order chi connectivity index (χ0) is 17.4. The monoisotopic (exact) mass is 359 g/mol. The Morgan fingerprint density at radius 1 is 1.08 bits per heavy atom. The Kier molecular flexibility index (Phi) is 4.26. The number of aryl methyl sites for hydroxylation is 1. The number of thiocarbonyl (C=S) groups is 1. The van der Waals surface area contributed by atoms with Gasteiger partial charge in [-0.25, -0.2) is 0 Å². The average molecular weight is 360 g/mol. The molecule has 24 heavy (non-hydrogen) atoms. The average Bonchev–Trinajstić information content (AvgIpc) is 2.78. The maximum Gasteiger partial charge on any atom is 0.263 e. The molecule has 2 amide bonds. The summed E-state index contributed by atoms with van der Waals surface area (Å²) in [5, 5.41) is 5.54. The van der Waals surface area contributed by atoms with Gasteiger partial charge in [-0.1, -0.05) is 11.6 Å².